The largest absolute Gasteiger partial charge is 0.398 e. The van der Waals surface area contributed by atoms with Crippen LogP contribution < -0.4 is 5.73 Å². The van der Waals surface area contributed by atoms with Crippen LogP contribution >= 0.6 is 0 Å². The summed E-state index contributed by atoms with van der Waals surface area (Å²) in [5.74, 6) is 0. The van der Waals surface area contributed by atoms with Crippen molar-refractivity contribution in [1.29, 1.82) is 0 Å². The molecule has 0 bridgehead atoms. The lowest BCUT2D eigenvalue weighted by atomic mass is 10.1. The Morgan fingerprint density at radius 3 is 2.81 bits per heavy atom. The lowest BCUT2D eigenvalue weighted by Gasteiger charge is -2.10. The van der Waals surface area contributed by atoms with Crippen LogP contribution in [0.15, 0.2) is 67.0 Å². The van der Waals surface area contributed by atoms with Gasteiger partial charge in [0, 0.05) is 35.5 Å². The second kappa shape index (κ2) is 4.63. The van der Waals surface area contributed by atoms with Gasteiger partial charge in [0.1, 0.15) is 0 Å². The van der Waals surface area contributed by atoms with Gasteiger partial charge >= 0.3 is 0 Å². The van der Waals surface area contributed by atoms with Crippen molar-refractivity contribution in [2.45, 2.75) is 6.54 Å². The van der Waals surface area contributed by atoms with Gasteiger partial charge in [-0.25, -0.2) is 0 Å². The second-order valence-corrected chi connectivity index (χ2v) is 5.22. The molecule has 0 aliphatic heterocycles. The number of hydrogen-bond donors (Lipinski definition) is 1. The van der Waals surface area contributed by atoms with Crippen molar-refractivity contribution in [1.82, 2.24) is 9.55 Å². The molecule has 2 aromatic heterocycles. The molecule has 0 unspecified atom stereocenters. The topological polar surface area (TPSA) is 43.8 Å². The smallest absolute Gasteiger partial charge is 0.0772 e. The van der Waals surface area contributed by atoms with Gasteiger partial charge in [0.15, 0.2) is 0 Å². The number of pyridine rings is 1. The number of benzene rings is 2. The van der Waals surface area contributed by atoms with Crippen LogP contribution in [0.2, 0.25) is 0 Å². The minimum atomic E-state index is 0.777. The highest BCUT2D eigenvalue weighted by molar-refractivity contribution is 5.92. The molecule has 0 fully saturated rings. The molecule has 0 spiro atoms. The number of aromatic nitrogens is 2. The fourth-order valence-electron chi connectivity index (χ4n) is 2.84. The second-order valence-electron chi connectivity index (χ2n) is 5.22. The quantitative estimate of drug-likeness (QED) is 0.564. The molecule has 3 nitrogen and oxygen atoms in total. The Morgan fingerprint density at radius 2 is 1.86 bits per heavy atom. The fourth-order valence-corrected chi connectivity index (χ4v) is 2.84. The van der Waals surface area contributed by atoms with Gasteiger partial charge in [-0.15, -0.1) is 0 Å². The number of anilines is 1. The Labute approximate surface area is 122 Å². The van der Waals surface area contributed by atoms with E-state index in [2.05, 4.69) is 52.1 Å². The number of nitrogens with two attached hydrogens (primary N) is 1. The number of fused-ring (bicyclic) bond motifs is 2. The Morgan fingerprint density at radius 1 is 0.952 bits per heavy atom. The summed E-state index contributed by atoms with van der Waals surface area (Å²) in [6.07, 6.45) is 3.94. The molecule has 4 rings (SSSR count). The lowest BCUT2D eigenvalue weighted by molar-refractivity contribution is 0.841. The van der Waals surface area contributed by atoms with Crippen LogP contribution in [0.3, 0.4) is 0 Å². The third kappa shape index (κ3) is 1.94. The summed E-state index contributed by atoms with van der Waals surface area (Å²) >= 11 is 0. The molecule has 102 valence electrons. The van der Waals surface area contributed by atoms with E-state index < -0.39 is 0 Å². The third-order valence-electron chi connectivity index (χ3n) is 3.91. The third-order valence-corrected chi connectivity index (χ3v) is 3.91. The maximum absolute atomic E-state index is 6.04. The molecule has 2 aromatic carbocycles. The zero-order valence-electron chi connectivity index (χ0n) is 11.5. The average molecular weight is 273 g/mol. The van der Waals surface area contributed by atoms with E-state index in [1.54, 1.807) is 0 Å². The minimum absolute atomic E-state index is 0.777. The molecule has 0 atom stereocenters. The molecule has 21 heavy (non-hydrogen) atoms. The standard InChI is InChI=1S/C18H15N3/c19-16-8-7-14(18-15(16)5-3-10-20-18)12-21-11-9-13-4-1-2-6-17(13)21/h1-11H,12,19H2. The Kier molecular flexibility index (Phi) is 2.64. The number of nitrogen functional groups attached to an aromatic ring is 1. The van der Waals surface area contributed by atoms with E-state index in [0.29, 0.717) is 0 Å². The van der Waals surface area contributed by atoms with Crippen molar-refractivity contribution in [3.63, 3.8) is 0 Å². The van der Waals surface area contributed by atoms with E-state index in [1.807, 2.05) is 24.4 Å². The Hall–Kier alpha value is -2.81. The number of hydrogen-bond acceptors (Lipinski definition) is 2. The zero-order valence-corrected chi connectivity index (χ0v) is 11.5. The highest BCUT2D eigenvalue weighted by Gasteiger charge is 2.07. The highest BCUT2D eigenvalue weighted by Crippen LogP contribution is 2.24. The lowest BCUT2D eigenvalue weighted by Crippen LogP contribution is -2.00. The van der Waals surface area contributed by atoms with Crippen LogP contribution in [0.4, 0.5) is 5.69 Å². The first kappa shape index (κ1) is 12.0. The summed E-state index contributed by atoms with van der Waals surface area (Å²) in [7, 11) is 0. The molecule has 0 saturated carbocycles. The maximum atomic E-state index is 6.04. The molecule has 3 heteroatoms. The van der Waals surface area contributed by atoms with Gasteiger partial charge in [-0.2, -0.15) is 0 Å². The summed E-state index contributed by atoms with van der Waals surface area (Å²) in [6.45, 7) is 0.793. The molecule has 0 amide bonds. The van der Waals surface area contributed by atoms with Gasteiger partial charge in [0.25, 0.3) is 0 Å². The van der Waals surface area contributed by atoms with E-state index in [9.17, 15) is 0 Å². The molecular formula is C18H15N3. The minimum Gasteiger partial charge on any atom is -0.398 e. The van der Waals surface area contributed by atoms with Crippen LogP contribution in [0.1, 0.15) is 5.56 Å². The van der Waals surface area contributed by atoms with E-state index in [0.717, 1.165) is 23.1 Å². The molecule has 0 saturated heterocycles. The van der Waals surface area contributed by atoms with Crippen LogP contribution in [0, 0.1) is 0 Å². The van der Waals surface area contributed by atoms with Crippen LogP contribution in [0.25, 0.3) is 21.8 Å². The summed E-state index contributed by atoms with van der Waals surface area (Å²) in [4.78, 5) is 4.51. The molecular weight excluding hydrogens is 258 g/mol. The first-order valence-electron chi connectivity index (χ1n) is 6.99. The van der Waals surface area contributed by atoms with Crippen molar-refractivity contribution < 1.29 is 0 Å². The van der Waals surface area contributed by atoms with E-state index >= 15 is 0 Å². The summed E-state index contributed by atoms with van der Waals surface area (Å²) in [5.41, 5.74) is 10.2. The normalized spacial score (nSPS) is 11.2. The first-order valence-corrected chi connectivity index (χ1v) is 6.99. The Balaban J connectivity index is 1.86. The Bertz CT molecular complexity index is 937. The molecule has 0 aliphatic rings. The first-order chi connectivity index (χ1) is 10.3. The van der Waals surface area contributed by atoms with Crippen LogP contribution in [-0.2, 0) is 6.54 Å². The molecule has 2 N–H and O–H groups in total. The van der Waals surface area contributed by atoms with Gasteiger partial charge < -0.3 is 10.3 Å². The number of para-hydroxylation sites is 1. The predicted octanol–water partition coefficient (Wildman–Crippen LogP) is 3.82. The van der Waals surface area contributed by atoms with E-state index in [1.165, 1.54) is 16.5 Å². The molecule has 0 radical (unpaired) electrons. The monoisotopic (exact) mass is 273 g/mol. The summed E-state index contributed by atoms with van der Waals surface area (Å²) < 4.78 is 2.25. The van der Waals surface area contributed by atoms with Gasteiger partial charge in [-0.1, -0.05) is 24.3 Å². The average Bonchev–Trinajstić information content (AvgIpc) is 2.94. The number of nitrogens with zero attached hydrogens (tertiary/aromatic N) is 2. The van der Waals surface area contributed by atoms with E-state index in [-0.39, 0.29) is 0 Å². The van der Waals surface area contributed by atoms with Crippen molar-refractivity contribution in [3.8, 4) is 0 Å². The van der Waals surface area contributed by atoms with Gasteiger partial charge in [-0.05, 0) is 41.3 Å². The highest BCUT2D eigenvalue weighted by atomic mass is 15.0. The summed E-state index contributed by atoms with van der Waals surface area (Å²) in [6, 6.07) is 18.5. The molecule has 4 aromatic rings. The van der Waals surface area contributed by atoms with Crippen LogP contribution in [-0.4, -0.2) is 9.55 Å². The van der Waals surface area contributed by atoms with Crippen molar-refractivity contribution in [3.05, 3.63) is 72.6 Å². The van der Waals surface area contributed by atoms with E-state index in [4.69, 9.17) is 5.73 Å². The van der Waals surface area contributed by atoms with Gasteiger partial charge in [0.05, 0.1) is 5.52 Å². The zero-order chi connectivity index (χ0) is 14.2. The summed E-state index contributed by atoms with van der Waals surface area (Å²) in [5, 5.41) is 2.27. The van der Waals surface area contributed by atoms with Crippen LogP contribution in [0.5, 0.6) is 0 Å². The van der Waals surface area contributed by atoms with Crippen molar-refractivity contribution in [2.24, 2.45) is 0 Å². The van der Waals surface area contributed by atoms with Gasteiger partial charge in [0.2, 0.25) is 0 Å². The number of rotatable bonds is 2. The SMILES string of the molecule is Nc1ccc(Cn2ccc3ccccc32)c2ncccc12. The van der Waals surface area contributed by atoms with Crippen molar-refractivity contribution in [2.75, 3.05) is 5.73 Å². The predicted molar refractivity (Wildman–Crippen MR) is 87.2 cm³/mol. The maximum Gasteiger partial charge on any atom is 0.0772 e. The molecule has 2 heterocycles. The molecule has 0 aliphatic carbocycles. The van der Waals surface area contributed by atoms with Gasteiger partial charge in [-0.3, -0.25) is 4.98 Å². The fraction of sp³-hybridized carbons (Fsp3) is 0.0556. The van der Waals surface area contributed by atoms with Crippen molar-refractivity contribution >= 4 is 27.5 Å².